The maximum absolute atomic E-state index is 12.7. The summed E-state index contributed by atoms with van der Waals surface area (Å²) in [7, 11) is 1.53. The van der Waals surface area contributed by atoms with Gasteiger partial charge in [0.15, 0.2) is 11.5 Å². The summed E-state index contributed by atoms with van der Waals surface area (Å²) in [5.41, 5.74) is 3.63. The molecule has 0 aliphatic rings. The summed E-state index contributed by atoms with van der Waals surface area (Å²) in [6.45, 7) is 6.18. The first-order chi connectivity index (χ1) is 15.7. The molecule has 33 heavy (non-hydrogen) atoms. The number of fused-ring (bicyclic) bond motifs is 1. The van der Waals surface area contributed by atoms with E-state index in [0.29, 0.717) is 33.4 Å². The number of urea groups is 1. The van der Waals surface area contributed by atoms with Crippen molar-refractivity contribution < 1.29 is 9.59 Å². The molecule has 0 fully saturated rings. The third-order valence-electron chi connectivity index (χ3n) is 5.00. The van der Waals surface area contributed by atoms with Crippen molar-refractivity contribution in [1.82, 2.24) is 25.1 Å². The second-order valence-corrected chi connectivity index (χ2v) is 8.92. The highest BCUT2D eigenvalue weighted by molar-refractivity contribution is 6.34. The topological polar surface area (TPSA) is 116 Å². The third kappa shape index (κ3) is 4.68. The molecule has 0 radical (unpaired) electrons. The number of rotatable bonds is 4. The van der Waals surface area contributed by atoms with E-state index in [2.05, 4.69) is 51.9 Å². The molecule has 4 N–H and O–H groups in total. The molecule has 170 valence electrons. The summed E-state index contributed by atoms with van der Waals surface area (Å²) in [4.78, 5) is 28.6. The number of carbonyl (C=O) groups excluding carboxylic acids is 2. The molecule has 9 nitrogen and oxygen atoms in total. The maximum atomic E-state index is 12.7. The van der Waals surface area contributed by atoms with E-state index < -0.39 is 0 Å². The lowest BCUT2D eigenvalue weighted by atomic mass is 9.92. The van der Waals surface area contributed by atoms with Crippen molar-refractivity contribution in [3.8, 4) is 11.4 Å². The molecule has 0 aliphatic carbocycles. The predicted octanol–water partition coefficient (Wildman–Crippen LogP) is 4.68. The second kappa shape index (κ2) is 8.59. The fourth-order valence-electron chi connectivity index (χ4n) is 3.26. The Kier molecular flexibility index (Phi) is 5.82. The van der Waals surface area contributed by atoms with E-state index in [1.54, 1.807) is 41.0 Å². The van der Waals surface area contributed by atoms with E-state index in [1.807, 2.05) is 12.1 Å². The Labute approximate surface area is 195 Å². The first kappa shape index (κ1) is 22.3. The average Bonchev–Trinajstić information content (AvgIpc) is 3.34. The van der Waals surface area contributed by atoms with Crippen LogP contribution >= 0.6 is 11.6 Å². The Morgan fingerprint density at radius 2 is 1.76 bits per heavy atom. The summed E-state index contributed by atoms with van der Waals surface area (Å²) in [5, 5.41) is 16.2. The van der Waals surface area contributed by atoms with Crippen LogP contribution in [0.15, 0.2) is 48.5 Å². The first-order valence-corrected chi connectivity index (χ1v) is 10.7. The molecule has 4 aromatic rings. The van der Waals surface area contributed by atoms with Gasteiger partial charge in [-0.15, -0.1) is 5.10 Å². The molecule has 2 heterocycles. The van der Waals surface area contributed by atoms with Crippen LogP contribution in [0.2, 0.25) is 5.02 Å². The maximum Gasteiger partial charge on any atom is 0.318 e. The Hall–Kier alpha value is -3.85. The van der Waals surface area contributed by atoms with Crippen LogP contribution in [0.25, 0.3) is 17.0 Å². The number of H-pyrrole nitrogens is 1. The number of benzene rings is 2. The zero-order valence-corrected chi connectivity index (χ0v) is 19.4. The molecule has 0 unspecified atom stereocenters. The smallest absolute Gasteiger partial charge is 0.318 e. The van der Waals surface area contributed by atoms with Crippen LogP contribution in [-0.4, -0.2) is 38.8 Å². The summed E-state index contributed by atoms with van der Waals surface area (Å²) < 4.78 is 1.57. The SMILES string of the molecule is CNC(=O)Nc1ccc(C(=O)Nc2cccc(-c3nc4c(Cl)c(C(C)(C)C)[nH]n4n3)c2)cc1. The highest BCUT2D eigenvalue weighted by atomic mass is 35.5. The van der Waals surface area contributed by atoms with Crippen LogP contribution in [0.1, 0.15) is 36.8 Å². The van der Waals surface area contributed by atoms with Crippen LogP contribution in [0.4, 0.5) is 16.2 Å². The normalized spacial score (nSPS) is 11.4. The number of nitrogens with zero attached hydrogens (tertiary/aromatic N) is 3. The zero-order chi connectivity index (χ0) is 23.8. The Morgan fingerprint density at radius 3 is 2.39 bits per heavy atom. The van der Waals surface area contributed by atoms with Gasteiger partial charge < -0.3 is 16.0 Å². The van der Waals surface area contributed by atoms with Crippen LogP contribution in [0.5, 0.6) is 0 Å². The fourth-order valence-corrected chi connectivity index (χ4v) is 3.70. The molecule has 2 aromatic carbocycles. The molecule has 4 rings (SSSR count). The van der Waals surface area contributed by atoms with Crippen LogP contribution in [-0.2, 0) is 5.41 Å². The molecule has 0 saturated carbocycles. The minimum Gasteiger partial charge on any atom is -0.341 e. The van der Waals surface area contributed by atoms with E-state index in [0.717, 1.165) is 11.3 Å². The summed E-state index contributed by atoms with van der Waals surface area (Å²) in [6, 6.07) is 13.5. The monoisotopic (exact) mass is 465 g/mol. The van der Waals surface area contributed by atoms with Gasteiger partial charge in [-0.1, -0.05) is 44.5 Å². The minimum atomic E-state index is -0.329. The van der Waals surface area contributed by atoms with Gasteiger partial charge in [0, 0.05) is 35.0 Å². The van der Waals surface area contributed by atoms with E-state index in [-0.39, 0.29) is 17.4 Å². The van der Waals surface area contributed by atoms with Crippen molar-refractivity contribution in [2.45, 2.75) is 26.2 Å². The standard InChI is InChI=1S/C23H24ClN7O2/c1-23(2,3)18-17(24)20-28-19(30-31(20)29-18)14-6-5-7-16(12-14)26-21(32)13-8-10-15(11-9-13)27-22(33)25-4/h5-12,29H,1-4H3,(H,26,32)(H2,25,27,33). The number of hydrogen-bond donors (Lipinski definition) is 4. The van der Waals surface area contributed by atoms with Crippen molar-refractivity contribution in [1.29, 1.82) is 0 Å². The number of amides is 3. The van der Waals surface area contributed by atoms with Crippen molar-refractivity contribution in [3.63, 3.8) is 0 Å². The summed E-state index contributed by atoms with van der Waals surface area (Å²) >= 11 is 6.52. The second-order valence-electron chi connectivity index (χ2n) is 8.54. The summed E-state index contributed by atoms with van der Waals surface area (Å²) in [6.07, 6.45) is 0. The lowest BCUT2D eigenvalue weighted by Gasteiger charge is -2.16. The van der Waals surface area contributed by atoms with Gasteiger partial charge in [0.25, 0.3) is 5.91 Å². The van der Waals surface area contributed by atoms with Gasteiger partial charge in [0.05, 0.1) is 5.69 Å². The molecule has 0 spiro atoms. The van der Waals surface area contributed by atoms with Crippen molar-refractivity contribution in [2.75, 3.05) is 17.7 Å². The molecule has 3 amide bonds. The molecule has 2 aromatic heterocycles. The van der Waals surface area contributed by atoms with Crippen LogP contribution < -0.4 is 16.0 Å². The van der Waals surface area contributed by atoms with E-state index in [4.69, 9.17) is 11.6 Å². The molecule has 0 saturated heterocycles. The Bertz CT molecular complexity index is 1330. The van der Waals surface area contributed by atoms with E-state index >= 15 is 0 Å². The number of nitrogens with one attached hydrogen (secondary N) is 4. The molecule has 10 heteroatoms. The Balaban J connectivity index is 1.52. The lowest BCUT2D eigenvalue weighted by molar-refractivity contribution is 0.102. The highest BCUT2D eigenvalue weighted by Crippen LogP contribution is 2.32. The van der Waals surface area contributed by atoms with Gasteiger partial charge in [-0.25, -0.2) is 9.78 Å². The largest absolute Gasteiger partial charge is 0.341 e. The fraction of sp³-hybridized carbons (Fsp3) is 0.217. The van der Waals surface area contributed by atoms with Crippen molar-refractivity contribution >= 4 is 40.6 Å². The highest BCUT2D eigenvalue weighted by Gasteiger charge is 2.24. The van der Waals surface area contributed by atoms with Gasteiger partial charge >= 0.3 is 6.03 Å². The predicted molar refractivity (Wildman–Crippen MR) is 129 cm³/mol. The van der Waals surface area contributed by atoms with Crippen LogP contribution in [0.3, 0.4) is 0 Å². The van der Waals surface area contributed by atoms with E-state index in [1.165, 1.54) is 7.05 Å². The number of anilines is 2. The van der Waals surface area contributed by atoms with Gasteiger partial charge in [0.2, 0.25) is 0 Å². The van der Waals surface area contributed by atoms with Crippen LogP contribution in [0, 0.1) is 0 Å². The number of carbonyl (C=O) groups is 2. The van der Waals surface area contributed by atoms with Gasteiger partial charge in [-0.3, -0.25) is 9.89 Å². The Morgan fingerprint density at radius 1 is 1.03 bits per heavy atom. The van der Waals surface area contributed by atoms with Gasteiger partial charge in [-0.05, 0) is 36.4 Å². The number of halogens is 1. The first-order valence-electron chi connectivity index (χ1n) is 10.3. The lowest BCUT2D eigenvalue weighted by Crippen LogP contribution is -2.24. The van der Waals surface area contributed by atoms with Gasteiger partial charge in [-0.2, -0.15) is 4.63 Å². The molecule has 0 bridgehead atoms. The average molecular weight is 466 g/mol. The van der Waals surface area contributed by atoms with Crippen molar-refractivity contribution in [3.05, 3.63) is 64.8 Å². The molecular formula is C23H24ClN7O2. The quantitative estimate of drug-likeness (QED) is 0.350. The molecule has 0 atom stereocenters. The minimum absolute atomic E-state index is 0.166. The zero-order valence-electron chi connectivity index (χ0n) is 18.7. The number of aromatic amines is 1. The molecule has 0 aliphatic heterocycles. The van der Waals surface area contributed by atoms with Crippen molar-refractivity contribution in [2.24, 2.45) is 0 Å². The molecular weight excluding hydrogens is 442 g/mol. The number of aromatic nitrogens is 4. The summed E-state index contributed by atoms with van der Waals surface area (Å²) in [5.74, 6) is 0.214. The number of hydrogen-bond acceptors (Lipinski definition) is 4. The third-order valence-corrected chi connectivity index (χ3v) is 5.36. The van der Waals surface area contributed by atoms with E-state index in [9.17, 15) is 9.59 Å². The van der Waals surface area contributed by atoms with Gasteiger partial charge in [0.1, 0.15) is 5.02 Å².